The summed E-state index contributed by atoms with van der Waals surface area (Å²) in [6.45, 7) is 1.53. The molecule has 1 aliphatic heterocycles. The Morgan fingerprint density at radius 1 is 1.48 bits per heavy atom. The second-order valence-corrected chi connectivity index (χ2v) is 5.23. The van der Waals surface area contributed by atoms with Crippen molar-refractivity contribution in [1.82, 2.24) is 20.1 Å². The molecule has 1 aromatic carbocycles. The van der Waals surface area contributed by atoms with E-state index < -0.39 is 0 Å². The number of aryl methyl sites for hydroxylation is 1. The van der Waals surface area contributed by atoms with Crippen molar-refractivity contribution in [2.75, 3.05) is 18.4 Å². The van der Waals surface area contributed by atoms with E-state index in [1.807, 2.05) is 29.8 Å². The second-order valence-electron chi connectivity index (χ2n) is 5.23. The number of carbonyl (C=O) groups is 1. The minimum Gasteiger partial charge on any atom is -0.385 e. The zero-order valence-electron chi connectivity index (χ0n) is 12.1. The smallest absolute Gasteiger partial charge is 0.251 e. The number of nitrogens with zero attached hydrogens (tertiary/aromatic N) is 3. The standard InChI is InChI=1S/C15H19N5O/c1-20-10-18-19-14(20)7-9-17-15(21)12-4-2-6-13-11(12)5-3-8-16-13/h2,4,6,10,16H,3,5,7-9H2,1H3,(H,17,21). The first kappa shape index (κ1) is 13.6. The fourth-order valence-electron chi connectivity index (χ4n) is 2.64. The number of hydrogen-bond donors (Lipinski definition) is 2. The van der Waals surface area contributed by atoms with Crippen molar-refractivity contribution >= 4 is 11.6 Å². The van der Waals surface area contributed by atoms with Gasteiger partial charge in [-0.05, 0) is 30.5 Å². The van der Waals surface area contributed by atoms with Gasteiger partial charge in [-0.25, -0.2) is 0 Å². The van der Waals surface area contributed by atoms with E-state index in [-0.39, 0.29) is 5.91 Å². The summed E-state index contributed by atoms with van der Waals surface area (Å²) in [7, 11) is 1.90. The minimum absolute atomic E-state index is 0.0160. The minimum atomic E-state index is -0.0160. The highest BCUT2D eigenvalue weighted by Gasteiger charge is 2.17. The quantitative estimate of drug-likeness (QED) is 0.884. The van der Waals surface area contributed by atoms with Gasteiger partial charge in [0.15, 0.2) is 0 Å². The van der Waals surface area contributed by atoms with E-state index in [1.165, 1.54) is 0 Å². The normalized spacial score (nSPS) is 13.4. The number of fused-ring (bicyclic) bond motifs is 1. The summed E-state index contributed by atoms with van der Waals surface area (Å²) in [4.78, 5) is 12.3. The van der Waals surface area contributed by atoms with Crippen molar-refractivity contribution in [2.45, 2.75) is 19.3 Å². The third-order valence-electron chi connectivity index (χ3n) is 3.78. The lowest BCUT2D eigenvalue weighted by Crippen LogP contribution is -2.28. The lowest BCUT2D eigenvalue weighted by Gasteiger charge is -2.20. The molecule has 0 spiro atoms. The first-order valence-corrected chi connectivity index (χ1v) is 7.22. The molecule has 0 saturated heterocycles. The van der Waals surface area contributed by atoms with Crippen molar-refractivity contribution < 1.29 is 4.79 Å². The maximum atomic E-state index is 12.3. The maximum absolute atomic E-state index is 12.3. The Morgan fingerprint density at radius 2 is 2.38 bits per heavy atom. The molecular weight excluding hydrogens is 266 g/mol. The predicted octanol–water partition coefficient (Wildman–Crippen LogP) is 1.15. The van der Waals surface area contributed by atoms with Gasteiger partial charge in [-0.3, -0.25) is 4.79 Å². The van der Waals surface area contributed by atoms with Crippen LogP contribution in [0.5, 0.6) is 0 Å². The summed E-state index contributed by atoms with van der Waals surface area (Å²) in [6, 6.07) is 5.85. The Hall–Kier alpha value is -2.37. The Morgan fingerprint density at radius 3 is 3.19 bits per heavy atom. The van der Waals surface area contributed by atoms with E-state index in [0.717, 1.165) is 42.0 Å². The van der Waals surface area contributed by atoms with Crippen LogP contribution in [0.15, 0.2) is 24.5 Å². The van der Waals surface area contributed by atoms with Crippen LogP contribution in [0, 0.1) is 0 Å². The summed E-state index contributed by atoms with van der Waals surface area (Å²) in [5.41, 5.74) is 2.99. The number of benzene rings is 1. The molecule has 6 heteroatoms. The van der Waals surface area contributed by atoms with Gasteiger partial charge in [-0.1, -0.05) is 6.07 Å². The fourth-order valence-corrected chi connectivity index (χ4v) is 2.64. The van der Waals surface area contributed by atoms with E-state index in [2.05, 4.69) is 20.8 Å². The van der Waals surface area contributed by atoms with Crippen LogP contribution < -0.4 is 10.6 Å². The summed E-state index contributed by atoms with van der Waals surface area (Å²) in [6.07, 6.45) is 4.36. The Bertz CT molecular complexity index is 649. The van der Waals surface area contributed by atoms with Gasteiger partial charge < -0.3 is 15.2 Å². The molecule has 0 radical (unpaired) electrons. The van der Waals surface area contributed by atoms with Crippen molar-refractivity contribution in [3.05, 3.63) is 41.5 Å². The summed E-state index contributed by atoms with van der Waals surface area (Å²) in [5, 5.41) is 14.1. The number of aromatic nitrogens is 3. The van der Waals surface area contributed by atoms with Crippen LogP contribution in [0.25, 0.3) is 0 Å². The van der Waals surface area contributed by atoms with Gasteiger partial charge in [0.1, 0.15) is 12.2 Å². The fraction of sp³-hybridized carbons (Fsp3) is 0.400. The molecule has 2 heterocycles. The monoisotopic (exact) mass is 285 g/mol. The number of rotatable bonds is 4. The molecule has 1 aliphatic rings. The van der Waals surface area contributed by atoms with E-state index in [9.17, 15) is 4.79 Å². The van der Waals surface area contributed by atoms with Crippen LogP contribution in [0.3, 0.4) is 0 Å². The molecule has 2 aromatic rings. The molecule has 0 bridgehead atoms. The molecule has 2 N–H and O–H groups in total. The molecule has 6 nitrogen and oxygen atoms in total. The van der Waals surface area contributed by atoms with Crippen molar-refractivity contribution in [1.29, 1.82) is 0 Å². The van der Waals surface area contributed by atoms with Crippen LogP contribution in [-0.4, -0.2) is 33.8 Å². The predicted molar refractivity (Wildman–Crippen MR) is 80.3 cm³/mol. The number of nitrogens with one attached hydrogen (secondary N) is 2. The zero-order valence-corrected chi connectivity index (χ0v) is 12.1. The molecule has 1 amide bonds. The Labute approximate surface area is 123 Å². The van der Waals surface area contributed by atoms with Gasteiger partial charge in [-0.2, -0.15) is 0 Å². The van der Waals surface area contributed by atoms with Crippen LogP contribution in [0.4, 0.5) is 5.69 Å². The van der Waals surface area contributed by atoms with Gasteiger partial charge in [0, 0.05) is 37.8 Å². The molecular formula is C15H19N5O. The maximum Gasteiger partial charge on any atom is 0.251 e. The van der Waals surface area contributed by atoms with E-state index in [4.69, 9.17) is 0 Å². The van der Waals surface area contributed by atoms with Crippen molar-refractivity contribution in [3.63, 3.8) is 0 Å². The number of hydrogen-bond acceptors (Lipinski definition) is 4. The highest BCUT2D eigenvalue weighted by atomic mass is 16.1. The topological polar surface area (TPSA) is 71.8 Å². The zero-order chi connectivity index (χ0) is 14.7. The summed E-state index contributed by atoms with van der Waals surface area (Å²) < 4.78 is 1.86. The van der Waals surface area contributed by atoms with Gasteiger partial charge in [0.2, 0.25) is 0 Å². The van der Waals surface area contributed by atoms with Gasteiger partial charge >= 0.3 is 0 Å². The number of carbonyl (C=O) groups excluding carboxylic acids is 1. The Kier molecular flexibility index (Phi) is 3.85. The number of anilines is 1. The lowest BCUT2D eigenvalue weighted by molar-refractivity contribution is 0.0953. The largest absolute Gasteiger partial charge is 0.385 e. The summed E-state index contributed by atoms with van der Waals surface area (Å²) >= 11 is 0. The second kappa shape index (κ2) is 5.95. The molecule has 0 unspecified atom stereocenters. The molecule has 1 aromatic heterocycles. The molecule has 0 aliphatic carbocycles. The van der Waals surface area contributed by atoms with Crippen molar-refractivity contribution in [3.8, 4) is 0 Å². The molecule has 0 fully saturated rings. The molecule has 0 atom stereocenters. The molecule has 3 rings (SSSR count). The third kappa shape index (κ3) is 2.89. The summed E-state index contributed by atoms with van der Waals surface area (Å²) in [5.74, 6) is 0.852. The lowest BCUT2D eigenvalue weighted by atomic mass is 9.97. The van der Waals surface area contributed by atoms with Crippen LogP contribution in [0.1, 0.15) is 28.2 Å². The third-order valence-corrected chi connectivity index (χ3v) is 3.78. The average Bonchev–Trinajstić information content (AvgIpc) is 2.92. The van der Waals surface area contributed by atoms with Crippen LogP contribution >= 0.6 is 0 Å². The highest BCUT2D eigenvalue weighted by molar-refractivity contribution is 5.97. The molecule has 0 saturated carbocycles. The van der Waals surface area contributed by atoms with Crippen LogP contribution in [-0.2, 0) is 19.9 Å². The first-order chi connectivity index (χ1) is 10.3. The molecule has 21 heavy (non-hydrogen) atoms. The van der Waals surface area contributed by atoms with E-state index >= 15 is 0 Å². The first-order valence-electron chi connectivity index (χ1n) is 7.22. The van der Waals surface area contributed by atoms with Gasteiger partial charge in [0.05, 0.1) is 0 Å². The Balaban J connectivity index is 1.64. The molecule has 110 valence electrons. The van der Waals surface area contributed by atoms with Crippen LogP contribution in [0.2, 0.25) is 0 Å². The number of amides is 1. The van der Waals surface area contributed by atoms with Gasteiger partial charge in [0.25, 0.3) is 5.91 Å². The van der Waals surface area contributed by atoms with Crippen molar-refractivity contribution in [2.24, 2.45) is 7.05 Å². The SMILES string of the molecule is Cn1cnnc1CCNC(=O)c1cccc2c1CCCN2. The average molecular weight is 285 g/mol. The van der Waals surface area contributed by atoms with E-state index in [0.29, 0.717) is 13.0 Å². The highest BCUT2D eigenvalue weighted by Crippen LogP contribution is 2.25. The van der Waals surface area contributed by atoms with E-state index in [1.54, 1.807) is 6.33 Å². The van der Waals surface area contributed by atoms with Gasteiger partial charge in [-0.15, -0.1) is 10.2 Å².